The summed E-state index contributed by atoms with van der Waals surface area (Å²) >= 11 is 0. The number of anilines is 1. The Morgan fingerprint density at radius 2 is 1.80 bits per heavy atom. The fraction of sp³-hybridized carbons (Fsp3) is 0.435. The number of nitrogens with two attached hydrogens (primary N) is 1. The summed E-state index contributed by atoms with van der Waals surface area (Å²) in [5.74, 6) is -8.47. The third kappa shape index (κ3) is 3.19. The maximum atomic E-state index is 13.8. The summed E-state index contributed by atoms with van der Waals surface area (Å²) in [7, 11) is 2.96. The second-order valence-corrected chi connectivity index (χ2v) is 9.37. The molecule has 0 aromatic heterocycles. The standard InChI is InChI=1S/C23H23F3N2O7/c1-7(29)13-19(32)16(28(2)3)11-5-8-4-9-10(23(24,25)26)6-12(27)17(30)15(9)18(31)14(8)21(34)22(11,35)20(13)33/h6,8,11,16,30,32,34-35H,4-5,27H2,1-3H3/t8-,11-,16-,22+/m0/s1. The number of phenolic OH excluding ortho intramolecular Hbond substituents is 1. The highest BCUT2D eigenvalue weighted by Gasteiger charge is 2.63. The summed E-state index contributed by atoms with van der Waals surface area (Å²) in [5.41, 5.74) is -1.79. The Balaban J connectivity index is 2.01. The lowest BCUT2D eigenvalue weighted by Crippen LogP contribution is -2.63. The molecular weight excluding hydrogens is 473 g/mol. The highest BCUT2D eigenvalue weighted by Crippen LogP contribution is 2.54. The zero-order chi connectivity index (χ0) is 26.4. The maximum absolute atomic E-state index is 13.8. The molecule has 4 atom stereocenters. The number of phenols is 1. The van der Waals surface area contributed by atoms with Crippen LogP contribution in [0.2, 0.25) is 0 Å². The van der Waals surface area contributed by atoms with Gasteiger partial charge in [0.2, 0.25) is 5.78 Å². The van der Waals surface area contributed by atoms with Crippen molar-refractivity contribution in [3.63, 3.8) is 0 Å². The fourth-order valence-corrected chi connectivity index (χ4v) is 5.69. The smallest absolute Gasteiger partial charge is 0.416 e. The molecule has 0 heterocycles. The molecule has 1 aromatic carbocycles. The summed E-state index contributed by atoms with van der Waals surface area (Å²) in [6, 6.07) is -0.644. The number of alkyl halides is 3. The molecule has 0 unspecified atom stereocenters. The lowest BCUT2D eigenvalue weighted by molar-refractivity contribution is -0.148. The number of fused-ring (bicyclic) bond motifs is 3. The maximum Gasteiger partial charge on any atom is 0.416 e. The number of ketones is 3. The number of nitrogens with zero attached hydrogens (tertiary/aromatic N) is 1. The molecule has 12 heteroatoms. The van der Waals surface area contributed by atoms with Crippen molar-refractivity contribution < 1.29 is 48.0 Å². The highest BCUT2D eigenvalue weighted by molar-refractivity contribution is 6.25. The first-order valence-electron chi connectivity index (χ1n) is 10.6. The van der Waals surface area contributed by atoms with Crippen molar-refractivity contribution in [2.24, 2.45) is 11.8 Å². The number of rotatable bonds is 2. The van der Waals surface area contributed by atoms with E-state index in [1.807, 2.05) is 0 Å². The summed E-state index contributed by atoms with van der Waals surface area (Å²) in [4.78, 5) is 40.1. The van der Waals surface area contributed by atoms with Gasteiger partial charge in [0.15, 0.2) is 17.2 Å². The van der Waals surface area contributed by atoms with Gasteiger partial charge in [0.05, 0.1) is 22.9 Å². The van der Waals surface area contributed by atoms with Crippen molar-refractivity contribution >= 4 is 23.0 Å². The predicted octanol–water partition coefficient (Wildman–Crippen LogP) is 1.83. The number of aromatic hydroxyl groups is 1. The number of carbonyl (C=O) groups excluding carboxylic acids is 3. The number of nitrogen functional groups attached to an aromatic ring is 1. The van der Waals surface area contributed by atoms with Gasteiger partial charge in [0, 0.05) is 11.5 Å². The van der Waals surface area contributed by atoms with Gasteiger partial charge in [-0.1, -0.05) is 0 Å². The number of hydrogen-bond donors (Lipinski definition) is 5. The number of likely N-dealkylation sites (N-methyl/N-ethyl adjacent to an activating group) is 1. The van der Waals surface area contributed by atoms with E-state index in [9.17, 15) is 48.0 Å². The third-order valence-electron chi connectivity index (χ3n) is 7.16. The third-order valence-corrected chi connectivity index (χ3v) is 7.16. The van der Waals surface area contributed by atoms with E-state index in [0.29, 0.717) is 6.07 Å². The van der Waals surface area contributed by atoms with Crippen molar-refractivity contribution in [2.45, 2.75) is 37.6 Å². The van der Waals surface area contributed by atoms with Gasteiger partial charge in [0.25, 0.3) is 0 Å². The van der Waals surface area contributed by atoms with E-state index < -0.39 is 104 Å². The molecule has 35 heavy (non-hydrogen) atoms. The number of benzene rings is 1. The van der Waals surface area contributed by atoms with E-state index in [1.54, 1.807) is 0 Å². The molecule has 0 saturated carbocycles. The minimum Gasteiger partial charge on any atom is -0.510 e. The SMILES string of the molecule is CC(=O)C1=C(O)[C@@H](N(C)C)[C@@H]2C[C@@H]3Cc4c(C(F)(F)F)cc(N)c(O)c4C(=O)C3=C(O)[C@]2(O)C1=O. The first kappa shape index (κ1) is 24.7. The molecule has 3 aliphatic carbocycles. The number of hydrogen-bond acceptors (Lipinski definition) is 9. The summed E-state index contributed by atoms with van der Waals surface area (Å²) in [6.07, 6.45) is -5.66. The molecule has 0 radical (unpaired) electrons. The van der Waals surface area contributed by atoms with E-state index in [2.05, 4.69) is 0 Å². The largest absolute Gasteiger partial charge is 0.510 e. The molecular formula is C23H23F3N2O7. The van der Waals surface area contributed by atoms with Gasteiger partial charge in [-0.05, 0) is 51.4 Å². The Morgan fingerprint density at radius 1 is 1.20 bits per heavy atom. The van der Waals surface area contributed by atoms with Gasteiger partial charge in [-0.3, -0.25) is 19.3 Å². The van der Waals surface area contributed by atoms with E-state index in [-0.39, 0.29) is 6.42 Å². The normalized spacial score (nSPS) is 28.7. The second kappa shape index (κ2) is 7.56. The van der Waals surface area contributed by atoms with Crippen LogP contribution in [0.25, 0.3) is 0 Å². The fourth-order valence-electron chi connectivity index (χ4n) is 5.69. The molecule has 0 bridgehead atoms. The van der Waals surface area contributed by atoms with Gasteiger partial charge < -0.3 is 26.2 Å². The molecule has 3 aliphatic rings. The molecule has 4 rings (SSSR count). The molecule has 0 fully saturated rings. The van der Waals surface area contributed by atoms with Crippen molar-refractivity contribution in [1.29, 1.82) is 0 Å². The Morgan fingerprint density at radius 3 is 2.31 bits per heavy atom. The molecule has 0 spiro atoms. The molecule has 188 valence electrons. The van der Waals surface area contributed by atoms with Crippen molar-refractivity contribution in [2.75, 3.05) is 19.8 Å². The van der Waals surface area contributed by atoms with Crippen LogP contribution in [-0.2, 0) is 22.2 Å². The van der Waals surface area contributed by atoms with Crippen molar-refractivity contribution in [1.82, 2.24) is 4.90 Å². The monoisotopic (exact) mass is 496 g/mol. The number of Topliss-reactive ketones (excluding diaryl/α,β-unsaturated/α-hetero) is 3. The van der Waals surface area contributed by atoms with Gasteiger partial charge in [0.1, 0.15) is 22.8 Å². The molecule has 6 N–H and O–H groups in total. The van der Waals surface area contributed by atoms with Gasteiger partial charge in [-0.15, -0.1) is 0 Å². The minimum atomic E-state index is -4.91. The van der Waals surface area contributed by atoms with Crippen molar-refractivity contribution in [3.8, 4) is 5.75 Å². The number of carbonyl (C=O) groups is 3. The van der Waals surface area contributed by atoms with Crippen LogP contribution >= 0.6 is 0 Å². The number of aliphatic hydroxyl groups is 3. The van der Waals surface area contributed by atoms with Crippen LogP contribution in [0.3, 0.4) is 0 Å². The van der Waals surface area contributed by atoms with E-state index in [0.717, 1.165) is 6.92 Å². The Kier molecular flexibility index (Phi) is 5.34. The van der Waals surface area contributed by atoms with Gasteiger partial charge in [-0.25, -0.2) is 0 Å². The zero-order valence-corrected chi connectivity index (χ0v) is 18.9. The van der Waals surface area contributed by atoms with E-state index in [4.69, 9.17) is 5.73 Å². The van der Waals surface area contributed by atoms with E-state index >= 15 is 0 Å². The quantitative estimate of drug-likeness (QED) is 0.234. The lowest BCUT2D eigenvalue weighted by Gasteiger charge is -2.50. The number of halogens is 3. The van der Waals surface area contributed by atoms with Gasteiger partial charge in [-0.2, -0.15) is 13.2 Å². The first-order chi connectivity index (χ1) is 16.0. The van der Waals surface area contributed by atoms with Crippen LogP contribution in [0.1, 0.15) is 34.8 Å². The highest BCUT2D eigenvalue weighted by atomic mass is 19.4. The summed E-state index contributed by atoms with van der Waals surface area (Å²) in [6.45, 7) is 0.983. The van der Waals surface area contributed by atoms with Crippen LogP contribution in [0, 0.1) is 11.8 Å². The van der Waals surface area contributed by atoms with Gasteiger partial charge >= 0.3 is 6.18 Å². The number of allylic oxidation sites excluding steroid dienone is 1. The predicted molar refractivity (Wildman–Crippen MR) is 115 cm³/mol. The lowest BCUT2D eigenvalue weighted by atomic mass is 9.58. The molecule has 0 saturated heterocycles. The van der Waals surface area contributed by atoms with Crippen LogP contribution in [-0.4, -0.2) is 68.4 Å². The van der Waals surface area contributed by atoms with Crippen LogP contribution in [0.15, 0.2) is 28.7 Å². The second-order valence-electron chi connectivity index (χ2n) is 9.37. The number of aliphatic hydroxyl groups excluding tert-OH is 2. The average Bonchev–Trinajstić information content (AvgIpc) is 2.71. The summed E-state index contributed by atoms with van der Waals surface area (Å²) < 4.78 is 41.3. The minimum absolute atomic E-state index is 0.284. The topological polar surface area (TPSA) is 161 Å². The first-order valence-corrected chi connectivity index (χ1v) is 10.6. The Bertz CT molecular complexity index is 1260. The molecule has 0 aliphatic heterocycles. The zero-order valence-electron chi connectivity index (χ0n) is 18.9. The average molecular weight is 496 g/mol. The van der Waals surface area contributed by atoms with Crippen LogP contribution < -0.4 is 5.73 Å². The Labute approximate surface area is 196 Å². The molecule has 0 amide bonds. The van der Waals surface area contributed by atoms with Crippen LogP contribution in [0.5, 0.6) is 5.75 Å². The Hall–Kier alpha value is -3.38. The van der Waals surface area contributed by atoms with Crippen molar-refractivity contribution in [3.05, 3.63) is 45.4 Å². The van der Waals surface area contributed by atoms with E-state index in [1.165, 1.54) is 19.0 Å². The summed E-state index contributed by atoms with van der Waals surface area (Å²) in [5, 5.41) is 43.7. The molecule has 9 nitrogen and oxygen atoms in total. The van der Waals surface area contributed by atoms with Crippen LogP contribution in [0.4, 0.5) is 18.9 Å². The molecule has 1 aromatic rings.